The molecule has 0 aliphatic heterocycles. The second-order valence-electron chi connectivity index (χ2n) is 4.59. The molecule has 1 aromatic rings. The Labute approximate surface area is 116 Å². The number of hydrogen-bond acceptors (Lipinski definition) is 5. The molecular formula is C12H19N3O5. The summed E-state index contributed by atoms with van der Waals surface area (Å²) in [5, 5.41) is 40.6. The molecule has 3 atom stereocenters. The minimum absolute atomic E-state index is 0.0331. The van der Waals surface area contributed by atoms with Crippen LogP contribution in [0.5, 0.6) is 0 Å². The molecular weight excluding hydrogens is 266 g/mol. The number of carbonyl (C=O) groups is 1. The Morgan fingerprint density at radius 1 is 1.30 bits per heavy atom. The highest BCUT2D eigenvalue weighted by Gasteiger charge is 2.20. The van der Waals surface area contributed by atoms with Gasteiger partial charge in [-0.15, -0.1) is 0 Å². The Hall–Kier alpha value is -1.55. The summed E-state index contributed by atoms with van der Waals surface area (Å²) in [7, 11) is 0. The van der Waals surface area contributed by atoms with Crippen LogP contribution in [0.1, 0.15) is 36.2 Å². The third-order valence-electron chi connectivity index (χ3n) is 3.12. The van der Waals surface area contributed by atoms with E-state index in [4.69, 9.17) is 10.4 Å². The van der Waals surface area contributed by atoms with E-state index >= 15 is 0 Å². The van der Waals surface area contributed by atoms with Crippen molar-refractivity contribution in [2.75, 3.05) is 0 Å². The topological polar surface area (TPSA) is 125 Å². The Balaban J connectivity index is 3.24. The van der Waals surface area contributed by atoms with Crippen LogP contribution in [0.2, 0.25) is 0 Å². The Morgan fingerprint density at radius 3 is 2.10 bits per heavy atom. The number of carbonyl (C=O) groups excluding carboxylic acids is 1. The Kier molecular flexibility index (Phi) is 5.57. The maximum absolute atomic E-state index is 12.0. The van der Waals surface area contributed by atoms with Gasteiger partial charge in [-0.2, -0.15) is 10.5 Å². The Morgan fingerprint density at radius 2 is 1.75 bits per heavy atom. The predicted molar refractivity (Wildman–Crippen MR) is 70.0 cm³/mol. The van der Waals surface area contributed by atoms with Gasteiger partial charge in [-0.05, 0) is 20.3 Å². The van der Waals surface area contributed by atoms with Gasteiger partial charge in [0.15, 0.2) is 11.4 Å². The van der Waals surface area contributed by atoms with Gasteiger partial charge in [-0.1, -0.05) is 6.92 Å². The first-order chi connectivity index (χ1) is 9.27. The summed E-state index contributed by atoms with van der Waals surface area (Å²) in [5.41, 5.74) is -0.200. The van der Waals surface area contributed by atoms with Crippen molar-refractivity contribution in [2.24, 2.45) is 0 Å². The molecule has 0 spiro atoms. The van der Waals surface area contributed by atoms with E-state index in [2.05, 4.69) is 5.32 Å². The third kappa shape index (κ3) is 3.73. The van der Waals surface area contributed by atoms with Gasteiger partial charge in [-0.25, -0.2) is 10.4 Å². The highest BCUT2D eigenvalue weighted by molar-refractivity contribution is 5.96. The van der Waals surface area contributed by atoms with E-state index in [9.17, 15) is 15.2 Å². The fraction of sp³-hybridized carbons (Fsp3) is 0.417. The molecule has 0 aliphatic carbocycles. The molecule has 0 fully saturated rings. The van der Waals surface area contributed by atoms with Crippen molar-refractivity contribution in [2.45, 2.75) is 33.2 Å². The zero-order valence-corrected chi connectivity index (χ0v) is 11.6. The van der Waals surface area contributed by atoms with Crippen LogP contribution in [-0.2, 0) is 0 Å². The van der Waals surface area contributed by atoms with E-state index in [1.165, 1.54) is 19.1 Å². The molecule has 0 aliphatic rings. The standard InChI is InChI=1S/C12H19N3O5/c1-4-7(2)13-12(16)9-5-10(14(17)18)8(3)11(6-9)15(19)20/h5-7,14-15,17,19H,4H2,1-3H3,(H,13,16). The highest BCUT2D eigenvalue weighted by atomic mass is 16.8. The van der Waals surface area contributed by atoms with Crippen molar-refractivity contribution in [1.82, 2.24) is 5.32 Å². The molecule has 0 radical (unpaired) electrons. The molecule has 0 aromatic heterocycles. The molecule has 8 heteroatoms. The SMILES string of the molecule is CCC(C)NC(=O)c1cc([NH+]([O-])O)c(C)c([NH+]([O-])O)c1. The van der Waals surface area contributed by atoms with Crippen molar-refractivity contribution in [3.63, 3.8) is 0 Å². The quantitative estimate of drug-likeness (QED) is 0.459. The summed E-state index contributed by atoms with van der Waals surface area (Å²) in [6, 6.07) is 2.31. The van der Waals surface area contributed by atoms with Crippen molar-refractivity contribution in [1.29, 1.82) is 0 Å². The van der Waals surface area contributed by atoms with Crippen molar-refractivity contribution >= 4 is 17.3 Å². The third-order valence-corrected chi connectivity index (χ3v) is 3.12. The van der Waals surface area contributed by atoms with Gasteiger partial charge in [0.1, 0.15) is 0 Å². The second-order valence-corrected chi connectivity index (χ2v) is 4.59. The van der Waals surface area contributed by atoms with Crippen molar-refractivity contribution in [3.05, 3.63) is 33.7 Å². The molecule has 0 saturated heterocycles. The first-order valence-corrected chi connectivity index (χ1v) is 6.20. The maximum atomic E-state index is 12.0. The second kappa shape index (κ2) is 6.75. The average Bonchev–Trinajstić information content (AvgIpc) is 2.37. The molecule has 8 nitrogen and oxygen atoms in total. The van der Waals surface area contributed by atoms with Crippen LogP contribution >= 0.6 is 0 Å². The molecule has 1 aromatic carbocycles. The fourth-order valence-corrected chi connectivity index (χ4v) is 1.70. The van der Waals surface area contributed by atoms with Crippen molar-refractivity contribution < 1.29 is 25.7 Å². The van der Waals surface area contributed by atoms with Crippen LogP contribution in [0.3, 0.4) is 0 Å². The molecule has 0 heterocycles. The van der Waals surface area contributed by atoms with E-state index in [0.29, 0.717) is 0 Å². The lowest BCUT2D eigenvalue weighted by Crippen LogP contribution is -3.01. The van der Waals surface area contributed by atoms with Gasteiger partial charge in [0, 0.05) is 18.2 Å². The largest absolute Gasteiger partial charge is 0.595 e. The summed E-state index contributed by atoms with van der Waals surface area (Å²) in [5.74, 6) is -0.482. The number of quaternary nitrogens is 2. The molecule has 5 N–H and O–H groups in total. The van der Waals surface area contributed by atoms with Gasteiger partial charge in [-0.3, -0.25) is 4.79 Å². The van der Waals surface area contributed by atoms with Crippen molar-refractivity contribution in [3.8, 4) is 0 Å². The van der Waals surface area contributed by atoms with Crippen LogP contribution in [0.4, 0.5) is 11.4 Å². The van der Waals surface area contributed by atoms with E-state index < -0.39 is 16.4 Å². The number of benzene rings is 1. The normalized spacial score (nSPS) is 15.6. The van der Waals surface area contributed by atoms with E-state index in [-0.39, 0.29) is 28.5 Å². The molecule has 3 unspecified atom stereocenters. The maximum Gasteiger partial charge on any atom is 0.251 e. The summed E-state index contributed by atoms with van der Waals surface area (Å²) in [4.78, 5) is 12.0. The van der Waals surface area contributed by atoms with Gasteiger partial charge in [0.05, 0.1) is 11.1 Å². The zero-order valence-electron chi connectivity index (χ0n) is 11.6. The number of rotatable bonds is 5. The fourth-order valence-electron chi connectivity index (χ4n) is 1.70. The predicted octanol–water partition coefficient (Wildman–Crippen LogP) is -0.670. The van der Waals surface area contributed by atoms with Gasteiger partial charge in [0.2, 0.25) is 0 Å². The van der Waals surface area contributed by atoms with E-state index in [1.54, 1.807) is 0 Å². The van der Waals surface area contributed by atoms with Gasteiger partial charge < -0.3 is 15.7 Å². The highest BCUT2D eigenvalue weighted by Crippen LogP contribution is 2.20. The lowest BCUT2D eigenvalue weighted by Gasteiger charge is -2.20. The van der Waals surface area contributed by atoms with Gasteiger partial charge >= 0.3 is 0 Å². The minimum atomic E-state index is -1.26. The van der Waals surface area contributed by atoms with Crippen LogP contribution in [-0.4, -0.2) is 22.4 Å². The van der Waals surface area contributed by atoms with E-state index in [1.807, 2.05) is 13.8 Å². The first-order valence-electron chi connectivity index (χ1n) is 6.20. The molecule has 0 saturated carbocycles. The van der Waals surface area contributed by atoms with Gasteiger partial charge in [0.25, 0.3) is 5.91 Å². The smallest absolute Gasteiger partial charge is 0.251 e. The summed E-state index contributed by atoms with van der Waals surface area (Å²) >= 11 is 0. The lowest BCUT2D eigenvalue weighted by atomic mass is 10.1. The van der Waals surface area contributed by atoms with Crippen LogP contribution in [0.15, 0.2) is 12.1 Å². The Bertz CT molecular complexity index is 461. The molecule has 1 rings (SSSR count). The molecule has 20 heavy (non-hydrogen) atoms. The zero-order chi connectivity index (χ0) is 15.4. The first kappa shape index (κ1) is 16.5. The van der Waals surface area contributed by atoms with Crippen LogP contribution in [0.25, 0.3) is 0 Å². The monoisotopic (exact) mass is 285 g/mol. The van der Waals surface area contributed by atoms with Crippen LogP contribution < -0.4 is 15.8 Å². The van der Waals surface area contributed by atoms with E-state index in [0.717, 1.165) is 6.42 Å². The summed E-state index contributed by atoms with van der Waals surface area (Å²) < 4.78 is 0. The molecule has 112 valence electrons. The number of nitrogens with one attached hydrogen (secondary N) is 3. The van der Waals surface area contributed by atoms with Crippen LogP contribution in [0, 0.1) is 17.3 Å². The lowest BCUT2D eigenvalue weighted by molar-refractivity contribution is -0.996. The summed E-state index contributed by atoms with van der Waals surface area (Å²) in [6.45, 7) is 5.11. The minimum Gasteiger partial charge on any atom is -0.595 e. The number of hydrogen-bond donors (Lipinski definition) is 5. The molecule has 1 amide bonds. The summed E-state index contributed by atoms with van der Waals surface area (Å²) in [6.07, 6.45) is 0.717. The average molecular weight is 285 g/mol. The number of amides is 1. The molecule has 0 bridgehead atoms.